The van der Waals surface area contributed by atoms with Gasteiger partial charge in [-0.25, -0.2) is 8.78 Å². The molecule has 4 aromatic rings. The summed E-state index contributed by atoms with van der Waals surface area (Å²) < 4.78 is 33.3. The van der Waals surface area contributed by atoms with Gasteiger partial charge in [-0.05, 0) is 59.7 Å². The molecule has 0 aliphatic rings. The molecule has 1 aromatic heterocycles. The van der Waals surface area contributed by atoms with Crippen molar-refractivity contribution in [1.29, 1.82) is 0 Å². The van der Waals surface area contributed by atoms with Gasteiger partial charge in [-0.3, -0.25) is 9.59 Å². The van der Waals surface area contributed by atoms with Crippen molar-refractivity contribution < 1.29 is 23.1 Å². The summed E-state index contributed by atoms with van der Waals surface area (Å²) in [7, 11) is 1.56. The summed E-state index contributed by atoms with van der Waals surface area (Å²) in [6, 6.07) is 19.1. The number of anilines is 1. The van der Waals surface area contributed by atoms with Crippen LogP contribution < -0.4 is 10.6 Å². The number of nitrogens with one attached hydrogen (secondary N) is 2. The quantitative estimate of drug-likeness (QED) is 0.348. The molecule has 2 N–H and O–H groups in total. The molecule has 35 heavy (non-hydrogen) atoms. The van der Waals surface area contributed by atoms with Gasteiger partial charge in [-0.15, -0.1) is 0 Å². The van der Waals surface area contributed by atoms with Crippen LogP contribution in [-0.4, -0.2) is 36.6 Å². The zero-order chi connectivity index (χ0) is 24.8. The molecule has 0 atom stereocenters. The Labute approximate surface area is 201 Å². The molecule has 0 aliphatic heterocycles. The Morgan fingerprint density at radius 1 is 0.886 bits per heavy atom. The van der Waals surface area contributed by atoms with Crippen LogP contribution in [0, 0.1) is 11.6 Å². The third-order valence-electron chi connectivity index (χ3n) is 5.54. The van der Waals surface area contributed by atoms with Crippen molar-refractivity contribution in [3.8, 4) is 0 Å². The van der Waals surface area contributed by atoms with Crippen LogP contribution in [0.1, 0.15) is 21.6 Å². The summed E-state index contributed by atoms with van der Waals surface area (Å²) in [5.74, 6) is -1.18. The van der Waals surface area contributed by atoms with Crippen molar-refractivity contribution in [2.24, 2.45) is 0 Å². The third kappa shape index (κ3) is 6.10. The zero-order valence-corrected chi connectivity index (χ0v) is 19.2. The first kappa shape index (κ1) is 24.1. The summed E-state index contributed by atoms with van der Waals surface area (Å²) in [4.78, 5) is 25.4. The van der Waals surface area contributed by atoms with E-state index in [-0.39, 0.29) is 29.9 Å². The summed E-state index contributed by atoms with van der Waals surface area (Å²) >= 11 is 0. The van der Waals surface area contributed by atoms with E-state index in [1.165, 1.54) is 24.3 Å². The van der Waals surface area contributed by atoms with Crippen molar-refractivity contribution in [2.75, 3.05) is 25.6 Å². The lowest BCUT2D eigenvalue weighted by Crippen LogP contribution is -2.29. The van der Waals surface area contributed by atoms with E-state index in [4.69, 9.17) is 4.74 Å². The number of methoxy groups -OCH3 is 1. The molecular formula is C27H25F2N3O3. The van der Waals surface area contributed by atoms with Gasteiger partial charge in [0.2, 0.25) is 5.91 Å². The summed E-state index contributed by atoms with van der Waals surface area (Å²) in [6.45, 7) is 1.11. The zero-order valence-electron chi connectivity index (χ0n) is 19.2. The molecular weight excluding hydrogens is 452 g/mol. The molecule has 0 fully saturated rings. The van der Waals surface area contributed by atoms with Gasteiger partial charge in [0, 0.05) is 36.8 Å². The standard InChI is InChI=1S/C27H25F2N3O3/c1-35-13-12-30-27(34)25-16-20-15-23(31-26(33)14-18-2-6-21(28)7-3-18)10-11-24(20)32(25)17-19-4-8-22(29)9-5-19/h2-11,15-16H,12-14,17H2,1H3,(H,30,34)(H,31,33). The minimum Gasteiger partial charge on any atom is -0.383 e. The second-order valence-corrected chi connectivity index (χ2v) is 8.12. The highest BCUT2D eigenvalue weighted by Crippen LogP contribution is 2.25. The first-order chi connectivity index (χ1) is 16.9. The van der Waals surface area contributed by atoms with Crippen molar-refractivity contribution in [3.05, 3.63) is 101 Å². The van der Waals surface area contributed by atoms with Crippen LogP contribution in [0.3, 0.4) is 0 Å². The molecule has 0 saturated heterocycles. The van der Waals surface area contributed by atoms with Gasteiger partial charge < -0.3 is 19.9 Å². The lowest BCUT2D eigenvalue weighted by atomic mass is 10.1. The maximum atomic E-state index is 13.4. The Bertz CT molecular complexity index is 1330. The number of ether oxygens (including phenoxy) is 1. The van der Waals surface area contributed by atoms with Gasteiger partial charge in [-0.1, -0.05) is 24.3 Å². The number of amides is 2. The Balaban J connectivity index is 1.59. The number of halogens is 2. The van der Waals surface area contributed by atoms with E-state index < -0.39 is 0 Å². The number of carbonyl (C=O) groups excluding carboxylic acids is 2. The Morgan fingerprint density at radius 2 is 1.54 bits per heavy atom. The van der Waals surface area contributed by atoms with Crippen LogP contribution in [0.5, 0.6) is 0 Å². The van der Waals surface area contributed by atoms with Gasteiger partial charge in [0.15, 0.2) is 0 Å². The van der Waals surface area contributed by atoms with Crippen LogP contribution in [0.25, 0.3) is 10.9 Å². The van der Waals surface area contributed by atoms with E-state index in [0.29, 0.717) is 36.6 Å². The number of fused-ring (bicyclic) bond motifs is 1. The van der Waals surface area contributed by atoms with Crippen LogP contribution in [0.15, 0.2) is 72.8 Å². The summed E-state index contributed by atoms with van der Waals surface area (Å²) in [5, 5.41) is 6.45. The number of benzene rings is 3. The fourth-order valence-corrected chi connectivity index (χ4v) is 3.83. The molecule has 0 bridgehead atoms. The first-order valence-corrected chi connectivity index (χ1v) is 11.1. The van der Waals surface area contributed by atoms with Gasteiger partial charge in [0.1, 0.15) is 17.3 Å². The van der Waals surface area contributed by atoms with Crippen molar-refractivity contribution in [2.45, 2.75) is 13.0 Å². The van der Waals surface area contributed by atoms with Gasteiger partial charge in [0.05, 0.1) is 13.0 Å². The normalized spacial score (nSPS) is 10.9. The number of hydrogen-bond acceptors (Lipinski definition) is 3. The van der Waals surface area contributed by atoms with Crippen molar-refractivity contribution >= 4 is 28.4 Å². The number of carbonyl (C=O) groups is 2. The monoisotopic (exact) mass is 477 g/mol. The SMILES string of the molecule is COCCNC(=O)c1cc2cc(NC(=O)Cc3ccc(F)cc3)ccc2n1Cc1ccc(F)cc1. The molecule has 3 aromatic carbocycles. The van der Waals surface area contributed by atoms with Gasteiger partial charge in [0.25, 0.3) is 5.91 Å². The van der Waals surface area contributed by atoms with E-state index in [1.807, 2.05) is 10.6 Å². The van der Waals surface area contributed by atoms with E-state index in [9.17, 15) is 18.4 Å². The highest BCUT2D eigenvalue weighted by molar-refractivity contribution is 6.00. The molecule has 6 nitrogen and oxygen atoms in total. The number of hydrogen-bond donors (Lipinski definition) is 2. The average molecular weight is 478 g/mol. The highest BCUT2D eigenvalue weighted by atomic mass is 19.1. The van der Waals surface area contributed by atoms with Crippen LogP contribution >= 0.6 is 0 Å². The molecule has 1 heterocycles. The molecule has 4 rings (SSSR count). The maximum Gasteiger partial charge on any atom is 0.268 e. The Hall–Kier alpha value is -4.04. The predicted octanol–water partition coefficient (Wildman–Crippen LogP) is 4.53. The molecule has 0 spiro atoms. The molecule has 0 aliphatic carbocycles. The molecule has 0 saturated carbocycles. The highest BCUT2D eigenvalue weighted by Gasteiger charge is 2.17. The number of rotatable bonds is 9. The van der Waals surface area contributed by atoms with Crippen molar-refractivity contribution in [1.82, 2.24) is 9.88 Å². The smallest absolute Gasteiger partial charge is 0.268 e. The molecule has 2 amide bonds. The van der Waals surface area contributed by atoms with Gasteiger partial charge in [-0.2, -0.15) is 0 Å². The number of aromatic nitrogens is 1. The Morgan fingerprint density at radius 3 is 2.20 bits per heavy atom. The first-order valence-electron chi connectivity index (χ1n) is 11.1. The average Bonchev–Trinajstić information content (AvgIpc) is 3.19. The van der Waals surface area contributed by atoms with Crippen LogP contribution in [-0.2, 0) is 22.5 Å². The second-order valence-electron chi connectivity index (χ2n) is 8.12. The molecule has 8 heteroatoms. The molecule has 0 radical (unpaired) electrons. The van der Waals surface area contributed by atoms with E-state index >= 15 is 0 Å². The lowest BCUT2D eigenvalue weighted by Gasteiger charge is -2.12. The number of nitrogens with zero attached hydrogens (tertiary/aromatic N) is 1. The molecule has 180 valence electrons. The van der Waals surface area contributed by atoms with Crippen molar-refractivity contribution in [3.63, 3.8) is 0 Å². The second kappa shape index (κ2) is 10.9. The topological polar surface area (TPSA) is 72.4 Å². The fourth-order valence-electron chi connectivity index (χ4n) is 3.83. The Kier molecular flexibility index (Phi) is 7.52. The summed E-state index contributed by atoms with van der Waals surface area (Å²) in [5.41, 5.74) is 3.35. The third-order valence-corrected chi connectivity index (χ3v) is 5.54. The minimum absolute atomic E-state index is 0.108. The van der Waals surface area contributed by atoms with Crippen LogP contribution in [0.2, 0.25) is 0 Å². The summed E-state index contributed by atoms with van der Waals surface area (Å²) in [6.07, 6.45) is 0.108. The lowest BCUT2D eigenvalue weighted by molar-refractivity contribution is -0.115. The van der Waals surface area contributed by atoms with Crippen LogP contribution in [0.4, 0.5) is 14.5 Å². The maximum absolute atomic E-state index is 13.4. The minimum atomic E-state index is -0.355. The fraction of sp³-hybridized carbons (Fsp3) is 0.185. The van der Waals surface area contributed by atoms with Gasteiger partial charge >= 0.3 is 0 Å². The van der Waals surface area contributed by atoms with E-state index in [0.717, 1.165) is 16.5 Å². The largest absolute Gasteiger partial charge is 0.383 e. The van der Waals surface area contributed by atoms with E-state index in [1.54, 1.807) is 49.6 Å². The predicted molar refractivity (Wildman–Crippen MR) is 130 cm³/mol. The molecule has 0 unspecified atom stereocenters. The van der Waals surface area contributed by atoms with E-state index in [2.05, 4.69) is 10.6 Å².